The minimum Gasteiger partial charge on any atom is -0.435 e. The molecule has 3 rings (SSSR count). The van der Waals surface area contributed by atoms with Gasteiger partial charge in [0.15, 0.2) is 0 Å². The second-order valence-corrected chi connectivity index (χ2v) is 6.91. The summed E-state index contributed by atoms with van der Waals surface area (Å²) in [5.74, 6) is 2.48. The van der Waals surface area contributed by atoms with E-state index in [2.05, 4.69) is 4.74 Å². The molecule has 2 aliphatic rings. The minimum atomic E-state index is -2.81. The van der Waals surface area contributed by atoms with Crippen molar-refractivity contribution in [1.29, 1.82) is 0 Å². The predicted octanol–water partition coefficient (Wildman–Crippen LogP) is 4.07. The van der Waals surface area contributed by atoms with Crippen LogP contribution >= 0.6 is 0 Å². The number of amides is 1. The summed E-state index contributed by atoms with van der Waals surface area (Å²) in [6.07, 6.45) is 5.80. The summed E-state index contributed by atoms with van der Waals surface area (Å²) in [6, 6.07) is 6.46. The fourth-order valence-electron chi connectivity index (χ4n) is 4.14. The van der Waals surface area contributed by atoms with Gasteiger partial charge in [0.1, 0.15) is 5.75 Å². The van der Waals surface area contributed by atoms with Crippen LogP contribution in [0.5, 0.6) is 5.75 Å². The lowest BCUT2D eigenvalue weighted by molar-refractivity contribution is -0.131. The van der Waals surface area contributed by atoms with Crippen LogP contribution in [0.2, 0.25) is 0 Å². The number of halogens is 2. The maximum Gasteiger partial charge on any atom is 0.387 e. The number of rotatable bonds is 6. The number of benzene rings is 1. The molecule has 5 heteroatoms. The molecule has 3 nitrogen and oxygen atoms in total. The predicted molar refractivity (Wildman–Crippen MR) is 83.1 cm³/mol. The van der Waals surface area contributed by atoms with E-state index in [9.17, 15) is 13.6 Å². The van der Waals surface area contributed by atoms with E-state index in [0.717, 1.165) is 17.4 Å². The standard InChI is InChI=1S/C18H23F2NO2/c1-21(11-12-3-6-16(7-4-12)23-18(19)20)17(22)10-15-9-13-2-5-14(15)8-13/h3-4,6-7,13-15,18H,2,5,8-11H2,1H3. The van der Waals surface area contributed by atoms with Gasteiger partial charge in [-0.2, -0.15) is 8.78 Å². The van der Waals surface area contributed by atoms with Crippen LogP contribution in [-0.2, 0) is 11.3 Å². The van der Waals surface area contributed by atoms with Crippen molar-refractivity contribution in [1.82, 2.24) is 4.90 Å². The van der Waals surface area contributed by atoms with E-state index in [1.54, 1.807) is 24.1 Å². The lowest BCUT2D eigenvalue weighted by Gasteiger charge is -2.24. The van der Waals surface area contributed by atoms with Gasteiger partial charge in [0.05, 0.1) is 0 Å². The van der Waals surface area contributed by atoms with Gasteiger partial charge in [-0.05, 0) is 54.7 Å². The van der Waals surface area contributed by atoms with Gasteiger partial charge >= 0.3 is 6.61 Å². The van der Waals surface area contributed by atoms with Gasteiger partial charge in [-0.25, -0.2) is 0 Å². The molecule has 0 radical (unpaired) electrons. The van der Waals surface area contributed by atoms with E-state index in [1.165, 1.54) is 37.8 Å². The Bertz CT molecular complexity index is 546. The Balaban J connectivity index is 1.50. The molecule has 126 valence electrons. The Labute approximate surface area is 135 Å². The van der Waals surface area contributed by atoms with Crippen molar-refractivity contribution >= 4 is 5.91 Å². The largest absolute Gasteiger partial charge is 0.435 e. The van der Waals surface area contributed by atoms with Crippen molar-refractivity contribution in [3.8, 4) is 5.75 Å². The molecule has 2 fully saturated rings. The van der Waals surface area contributed by atoms with Gasteiger partial charge < -0.3 is 9.64 Å². The van der Waals surface area contributed by atoms with Crippen LogP contribution < -0.4 is 4.74 Å². The van der Waals surface area contributed by atoms with Gasteiger partial charge in [-0.1, -0.05) is 18.6 Å². The molecule has 2 saturated carbocycles. The highest BCUT2D eigenvalue weighted by atomic mass is 19.3. The van der Waals surface area contributed by atoms with Gasteiger partial charge in [0.2, 0.25) is 5.91 Å². The van der Waals surface area contributed by atoms with Gasteiger partial charge in [0.25, 0.3) is 0 Å². The number of ether oxygens (including phenoxy) is 1. The van der Waals surface area contributed by atoms with Crippen molar-refractivity contribution in [3.63, 3.8) is 0 Å². The molecule has 1 aromatic carbocycles. The fraction of sp³-hybridized carbons (Fsp3) is 0.611. The molecule has 2 aliphatic carbocycles. The average Bonchev–Trinajstić information content (AvgIpc) is 3.11. The van der Waals surface area contributed by atoms with Gasteiger partial charge in [-0.15, -0.1) is 0 Å². The number of fused-ring (bicyclic) bond motifs is 2. The first-order valence-corrected chi connectivity index (χ1v) is 8.29. The number of nitrogens with zero attached hydrogens (tertiary/aromatic N) is 1. The summed E-state index contributed by atoms with van der Waals surface area (Å²) in [6.45, 7) is -2.32. The summed E-state index contributed by atoms with van der Waals surface area (Å²) >= 11 is 0. The quantitative estimate of drug-likeness (QED) is 0.790. The van der Waals surface area contributed by atoms with Crippen LogP contribution in [0.3, 0.4) is 0 Å². The first-order valence-electron chi connectivity index (χ1n) is 8.29. The second kappa shape index (κ2) is 6.85. The fourth-order valence-corrected chi connectivity index (χ4v) is 4.14. The maximum atomic E-state index is 12.4. The molecule has 0 aromatic heterocycles. The van der Waals surface area contributed by atoms with Crippen molar-refractivity contribution in [2.45, 2.75) is 45.3 Å². The monoisotopic (exact) mass is 323 g/mol. The third kappa shape index (κ3) is 4.01. The maximum absolute atomic E-state index is 12.4. The van der Waals surface area contributed by atoms with E-state index in [-0.39, 0.29) is 11.7 Å². The van der Waals surface area contributed by atoms with E-state index in [1.807, 2.05) is 0 Å². The molecule has 0 saturated heterocycles. The molecule has 0 aliphatic heterocycles. The Hall–Kier alpha value is -1.65. The molecule has 3 atom stereocenters. The zero-order valence-electron chi connectivity index (χ0n) is 13.4. The summed E-state index contributed by atoms with van der Waals surface area (Å²) in [5.41, 5.74) is 0.912. The Morgan fingerprint density at radius 3 is 2.57 bits per heavy atom. The highest BCUT2D eigenvalue weighted by Gasteiger charge is 2.40. The lowest BCUT2D eigenvalue weighted by Crippen LogP contribution is -2.29. The number of hydrogen-bond donors (Lipinski definition) is 0. The molecular formula is C18H23F2NO2. The van der Waals surface area contributed by atoms with Crippen molar-refractivity contribution in [2.75, 3.05) is 7.05 Å². The molecule has 1 aromatic rings. The topological polar surface area (TPSA) is 29.5 Å². The third-order valence-corrected chi connectivity index (χ3v) is 5.32. The molecule has 0 N–H and O–H groups in total. The van der Waals surface area contributed by atoms with Gasteiger partial charge in [-0.3, -0.25) is 4.79 Å². The Kier molecular flexibility index (Phi) is 4.83. The zero-order valence-corrected chi connectivity index (χ0v) is 13.4. The first kappa shape index (κ1) is 16.2. The normalized spacial score (nSPS) is 25.8. The Morgan fingerprint density at radius 1 is 1.26 bits per heavy atom. The van der Waals surface area contributed by atoms with E-state index < -0.39 is 6.61 Å². The lowest BCUT2D eigenvalue weighted by atomic mass is 9.86. The number of hydrogen-bond acceptors (Lipinski definition) is 2. The highest BCUT2D eigenvalue weighted by Crippen LogP contribution is 2.49. The zero-order chi connectivity index (χ0) is 16.4. The molecule has 2 bridgehead atoms. The van der Waals surface area contributed by atoms with E-state index in [4.69, 9.17) is 0 Å². The first-order chi connectivity index (χ1) is 11.0. The average molecular weight is 323 g/mol. The molecule has 0 spiro atoms. The summed E-state index contributed by atoms with van der Waals surface area (Å²) in [4.78, 5) is 14.1. The number of carbonyl (C=O) groups is 1. The van der Waals surface area contributed by atoms with E-state index in [0.29, 0.717) is 18.9 Å². The molecule has 23 heavy (non-hydrogen) atoms. The highest BCUT2D eigenvalue weighted by molar-refractivity contribution is 5.76. The van der Waals surface area contributed by atoms with E-state index >= 15 is 0 Å². The summed E-state index contributed by atoms with van der Waals surface area (Å²) < 4.78 is 28.6. The Morgan fingerprint density at radius 2 is 2.00 bits per heavy atom. The summed E-state index contributed by atoms with van der Waals surface area (Å²) in [7, 11) is 1.80. The van der Waals surface area contributed by atoms with Gasteiger partial charge in [0, 0.05) is 20.0 Å². The number of alkyl halides is 2. The smallest absolute Gasteiger partial charge is 0.387 e. The number of carbonyl (C=O) groups excluding carboxylic acids is 1. The minimum absolute atomic E-state index is 0.139. The summed E-state index contributed by atoms with van der Waals surface area (Å²) in [5, 5.41) is 0. The van der Waals surface area contributed by atoms with Crippen molar-refractivity contribution < 1.29 is 18.3 Å². The van der Waals surface area contributed by atoms with Crippen LogP contribution in [0.4, 0.5) is 8.78 Å². The molecule has 0 heterocycles. The van der Waals surface area contributed by atoms with Crippen LogP contribution in [0.25, 0.3) is 0 Å². The SMILES string of the molecule is CN(Cc1ccc(OC(F)F)cc1)C(=O)CC1CC2CCC1C2. The second-order valence-electron chi connectivity index (χ2n) is 6.91. The van der Waals surface area contributed by atoms with Crippen LogP contribution in [-0.4, -0.2) is 24.5 Å². The molecular weight excluding hydrogens is 300 g/mol. The molecule has 3 unspecified atom stereocenters. The van der Waals surface area contributed by atoms with Crippen molar-refractivity contribution in [3.05, 3.63) is 29.8 Å². The van der Waals surface area contributed by atoms with Crippen LogP contribution in [0, 0.1) is 17.8 Å². The molecule has 1 amide bonds. The third-order valence-electron chi connectivity index (χ3n) is 5.32. The van der Waals surface area contributed by atoms with Crippen LogP contribution in [0.1, 0.15) is 37.7 Å². The van der Waals surface area contributed by atoms with Crippen LogP contribution in [0.15, 0.2) is 24.3 Å². The van der Waals surface area contributed by atoms with Crippen molar-refractivity contribution in [2.24, 2.45) is 17.8 Å².